The molecule has 0 radical (unpaired) electrons. The molecule has 102 valence electrons. The van der Waals surface area contributed by atoms with Crippen LogP contribution < -0.4 is 5.32 Å². The fraction of sp³-hybridized carbons (Fsp3) is 1.00. The summed E-state index contributed by atoms with van der Waals surface area (Å²) < 4.78 is 5.50. The smallest absolute Gasteiger partial charge is 0.0619 e. The molecule has 1 aliphatic rings. The van der Waals surface area contributed by atoms with E-state index in [0.717, 1.165) is 26.3 Å². The molecule has 3 heteroatoms. The van der Waals surface area contributed by atoms with E-state index in [9.17, 15) is 0 Å². The molecule has 1 aliphatic heterocycles. The van der Waals surface area contributed by atoms with Crippen LogP contribution in [0.2, 0.25) is 0 Å². The third-order valence-electron chi connectivity index (χ3n) is 3.72. The van der Waals surface area contributed by atoms with Crippen molar-refractivity contribution in [2.24, 2.45) is 5.92 Å². The predicted molar refractivity (Wildman–Crippen MR) is 73.4 cm³/mol. The zero-order chi connectivity index (χ0) is 13.1. The molecule has 3 unspecified atom stereocenters. The molecule has 1 N–H and O–H groups in total. The van der Waals surface area contributed by atoms with Gasteiger partial charge in [0.1, 0.15) is 0 Å². The largest absolute Gasteiger partial charge is 0.379 e. The van der Waals surface area contributed by atoms with Crippen LogP contribution in [0.1, 0.15) is 41.5 Å². The van der Waals surface area contributed by atoms with E-state index in [2.05, 4.69) is 51.8 Å². The number of nitrogens with zero attached hydrogens (tertiary/aromatic N) is 1. The molecule has 0 saturated carbocycles. The van der Waals surface area contributed by atoms with Gasteiger partial charge in [-0.25, -0.2) is 0 Å². The lowest BCUT2D eigenvalue weighted by Gasteiger charge is -2.41. The zero-order valence-electron chi connectivity index (χ0n) is 12.4. The van der Waals surface area contributed by atoms with E-state index in [1.165, 1.54) is 0 Å². The maximum atomic E-state index is 5.50. The van der Waals surface area contributed by atoms with Gasteiger partial charge in [0.05, 0.1) is 13.2 Å². The molecule has 0 aliphatic carbocycles. The average molecular weight is 242 g/mol. The summed E-state index contributed by atoms with van der Waals surface area (Å²) in [6.45, 7) is 17.5. The topological polar surface area (TPSA) is 24.5 Å². The molecule has 1 rings (SSSR count). The fourth-order valence-electron chi connectivity index (χ4n) is 2.31. The maximum absolute atomic E-state index is 5.50. The zero-order valence-corrected chi connectivity index (χ0v) is 12.4. The summed E-state index contributed by atoms with van der Waals surface area (Å²) in [5, 5.41) is 3.60. The number of morpholine rings is 1. The molecule has 1 heterocycles. The van der Waals surface area contributed by atoms with Gasteiger partial charge in [-0.2, -0.15) is 0 Å². The van der Waals surface area contributed by atoms with E-state index < -0.39 is 0 Å². The summed E-state index contributed by atoms with van der Waals surface area (Å²) in [6, 6.07) is 1.17. The van der Waals surface area contributed by atoms with Crippen LogP contribution in [0, 0.1) is 5.92 Å². The van der Waals surface area contributed by atoms with E-state index in [0.29, 0.717) is 18.0 Å². The summed E-state index contributed by atoms with van der Waals surface area (Å²) in [5.74, 6) is 0.662. The Labute approximate surface area is 107 Å². The Hall–Kier alpha value is -0.120. The summed E-state index contributed by atoms with van der Waals surface area (Å²) >= 11 is 0. The van der Waals surface area contributed by atoms with Crippen molar-refractivity contribution in [3.8, 4) is 0 Å². The van der Waals surface area contributed by atoms with Crippen LogP contribution in [0.15, 0.2) is 0 Å². The highest BCUT2D eigenvalue weighted by atomic mass is 16.5. The summed E-state index contributed by atoms with van der Waals surface area (Å²) in [5.41, 5.74) is 0.213. The van der Waals surface area contributed by atoms with Crippen LogP contribution in [0.4, 0.5) is 0 Å². The highest BCUT2D eigenvalue weighted by molar-refractivity contribution is 4.82. The molecule has 0 spiro atoms. The molecule has 0 amide bonds. The molecule has 3 nitrogen and oxygen atoms in total. The van der Waals surface area contributed by atoms with Crippen molar-refractivity contribution in [3.05, 3.63) is 0 Å². The maximum Gasteiger partial charge on any atom is 0.0619 e. The van der Waals surface area contributed by atoms with Crippen molar-refractivity contribution in [3.63, 3.8) is 0 Å². The van der Waals surface area contributed by atoms with E-state index in [1.54, 1.807) is 0 Å². The van der Waals surface area contributed by atoms with E-state index in [1.807, 2.05) is 0 Å². The normalized spacial score (nSPS) is 26.8. The van der Waals surface area contributed by atoms with Crippen LogP contribution in [0.3, 0.4) is 0 Å². The SMILES string of the molecule is CC(CNC(C)(C)C)C(C)N1CCOCC1C. The highest BCUT2D eigenvalue weighted by Crippen LogP contribution is 2.17. The van der Waals surface area contributed by atoms with Crippen LogP contribution in [-0.2, 0) is 4.74 Å². The van der Waals surface area contributed by atoms with Gasteiger partial charge in [0, 0.05) is 24.2 Å². The van der Waals surface area contributed by atoms with Crippen LogP contribution in [0.25, 0.3) is 0 Å². The molecule has 3 atom stereocenters. The van der Waals surface area contributed by atoms with Gasteiger partial charge < -0.3 is 10.1 Å². The first-order valence-corrected chi connectivity index (χ1v) is 6.90. The van der Waals surface area contributed by atoms with Gasteiger partial charge in [0.2, 0.25) is 0 Å². The van der Waals surface area contributed by atoms with Crippen LogP contribution >= 0.6 is 0 Å². The lowest BCUT2D eigenvalue weighted by molar-refractivity contribution is -0.0290. The third kappa shape index (κ3) is 4.94. The molecule has 0 aromatic heterocycles. The minimum absolute atomic E-state index is 0.213. The first-order valence-electron chi connectivity index (χ1n) is 6.90. The van der Waals surface area contributed by atoms with Crippen molar-refractivity contribution in [1.29, 1.82) is 0 Å². The minimum Gasteiger partial charge on any atom is -0.379 e. The van der Waals surface area contributed by atoms with E-state index in [4.69, 9.17) is 4.74 Å². The Bertz CT molecular complexity index is 225. The Morgan fingerprint density at radius 3 is 2.53 bits per heavy atom. The second kappa shape index (κ2) is 6.17. The lowest BCUT2D eigenvalue weighted by atomic mass is 9.98. The summed E-state index contributed by atoms with van der Waals surface area (Å²) in [6.07, 6.45) is 0. The molecule has 0 aromatic carbocycles. The highest BCUT2D eigenvalue weighted by Gasteiger charge is 2.27. The molecule has 1 fully saturated rings. The van der Waals surface area contributed by atoms with Crippen molar-refractivity contribution in [2.45, 2.75) is 59.2 Å². The van der Waals surface area contributed by atoms with Crippen molar-refractivity contribution >= 4 is 0 Å². The number of ether oxygens (including phenoxy) is 1. The van der Waals surface area contributed by atoms with Gasteiger partial charge in [-0.1, -0.05) is 6.92 Å². The van der Waals surface area contributed by atoms with E-state index >= 15 is 0 Å². The number of rotatable bonds is 4. The van der Waals surface area contributed by atoms with Gasteiger partial charge in [0.15, 0.2) is 0 Å². The molecule has 17 heavy (non-hydrogen) atoms. The van der Waals surface area contributed by atoms with Crippen LogP contribution in [-0.4, -0.2) is 48.8 Å². The molecular formula is C14H30N2O. The first-order chi connectivity index (χ1) is 7.81. The monoisotopic (exact) mass is 242 g/mol. The average Bonchev–Trinajstić information content (AvgIpc) is 2.24. The Balaban J connectivity index is 2.42. The van der Waals surface area contributed by atoms with Gasteiger partial charge in [-0.15, -0.1) is 0 Å². The Kier molecular flexibility index (Phi) is 5.42. The van der Waals surface area contributed by atoms with Crippen molar-refractivity contribution in [1.82, 2.24) is 10.2 Å². The van der Waals surface area contributed by atoms with Gasteiger partial charge in [-0.05, 0) is 47.1 Å². The van der Waals surface area contributed by atoms with Gasteiger partial charge >= 0.3 is 0 Å². The van der Waals surface area contributed by atoms with E-state index in [-0.39, 0.29) is 5.54 Å². The Morgan fingerprint density at radius 2 is 2.00 bits per heavy atom. The summed E-state index contributed by atoms with van der Waals surface area (Å²) in [7, 11) is 0. The van der Waals surface area contributed by atoms with Gasteiger partial charge in [-0.3, -0.25) is 4.90 Å². The quantitative estimate of drug-likeness (QED) is 0.817. The Morgan fingerprint density at radius 1 is 1.35 bits per heavy atom. The molecule has 1 saturated heterocycles. The van der Waals surface area contributed by atoms with Crippen molar-refractivity contribution in [2.75, 3.05) is 26.3 Å². The number of hydrogen-bond donors (Lipinski definition) is 1. The van der Waals surface area contributed by atoms with Gasteiger partial charge in [0.25, 0.3) is 0 Å². The number of nitrogens with one attached hydrogen (secondary N) is 1. The molecule has 0 bridgehead atoms. The number of hydrogen-bond acceptors (Lipinski definition) is 3. The lowest BCUT2D eigenvalue weighted by Crippen LogP contribution is -2.52. The molecular weight excluding hydrogens is 212 g/mol. The third-order valence-corrected chi connectivity index (χ3v) is 3.72. The van der Waals surface area contributed by atoms with Crippen LogP contribution in [0.5, 0.6) is 0 Å². The second-order valence-electron chi connectivity index (χ2n) is 6.51. The second-order valence-corrected chi connectivity index (χ2v) is 6.51. The minimum atomic E-state index is 0.213. The fourth-order valence-corrected chi connectivity index (χ4v) is 2.31. The van der Waals surface area contributed by atoms with Crippen molar-refractivity contribution < 1.29 is 4.74 Å². The standard InChI is InChI=1S/C14H30N2O/c1-11(9-15-14(4,5)6)13(3)16-7-8-17-10-12(16)2/h11-13,15H,7-10H2,1-6H3. The summed E-state index contributed by atoms with van der Waals surface area (Å²) in [4.78, 5) is 2.58. The molecule has 0 aromatic rings. The first kappa shape index (κ1) is 14.9. The predicted octanol–water partition coefficient (Wildman–Crippen LogP) is 2.12.